The summed E-state index contributed by atoms with van der Waals surface area (Å²) in [6.45, 7) is 0.205. The average Bonchev–Trinajstić information content (AvgIpc) is 2.73. The van der Waals surface area contributed by atoms with Crippen LogP contribution in [0.5, 0.6) is 5.75 Å². The fraction of sp³-hybridized carbons (Fsp3) is 0.0952. The second-order valence-corrected chi connectivity index (χ2v) is 7.19. The van der Waals surface area contributed by atoms with E-state index in [1.54, 1.807) is 30.3 Å². The van der Waals surface area contributed by atoms with E-state index in [9.17, 15) is 18.0 Å². The Bertz CT molecular complexity index is 1090. The maximum atomic E-state index is 12.6. The van der Waals surface area contributed by atoms with Crippen molar-refractivity contribution in [1.29, 1.82) is 0 Å². The van der Waals surface area contributed by atoms with E-state index in [1.165, 1.54) is 24.4 Å². The Morgan fingerprint density at radius 3 is 2.52 bits per heavy atom. The molecular formula is C21H15BrF3N3O3. The number of alkyl halides is 3. The number of benzene rings is 2. The topological polar surface area (TPSA) is 83.8 Å². The smallest absolute Gasteiger partial charge is 0.417 e. The summed E-state index contributed by atoms with van der Waals surface area (Å²) in [5.74, 6) is -0.342. The van der Waals surface area contributed by atoms with Crippen molar-refractivity contribution in [2.75, 3.05) is 5.43 Å². The monoisotopic (exact) mass is 493 g/mol. The fourth-order valence-electron chi connectivity index (χ4n) is 2.45. The molecule has 0 amide bonds. The van der Waals surface area contributed by atoms with Gasteiger partial charge < -0.3 is 9.84 Å². The summed E-state index contributed by atoms with van der Waals surface area (Å²) in [7, 11) is 0. The molecule has 1 heterocycles. The molecule has 0 atom stereocenters. The molecule has 0 spiro atoms. The maximum Gasteiger partial charge on any atom is 0.417 e. The molecular weight excluding hydrogens is 479 g/mol. The molecule has 10 heteroatoms. The van der Waals surface area contributed by atoms with Gasteiger partial charge in [0.1, 0.15) is 18.2 Å². The first-order chi connectivity index (χ1) is 14.7. The highest BCUT2D eigenvalue weighted by Crippen LogP contribution is 2.29. The zero-order chi connectivity index (χ0) is 22.4. The van der Waals surface area contributed by atoms with Crippen molar-refractivity contribution in [2.45, 2.75) is 12.8 Å². The number of carboxylic acids is 1. The fourth-order valence-corrected chi connectivity index (χ4v) is 2.83. The molecule has 0 aliphatic rings. The predicted molar refractivity (Wildman–Crippen MR) is 112 cm³/mol. The minimum atomic E-state index is -4.45. The number of aromatic carboxylic acids is 1. The third-order valence-electron chi connectivity index (χ3n) is 4.04. The van der Waals surface area contributed by atoms with Crippen LogP contribution in [0.3, 0.4) is 0 Å². The minimum Gasteiger partial charge on any atom is -0.488 e. The number of anilines is 1. The van der Waals surface area contributed by atoms with Crippen molar-refractivity contribution in [3.05, 3.63) is 87.5 Å². The molecule has 6 nitrogen and oxygen atoms in total. The first-order valence-corrected chi connectivity index (χ1v) is 9.58. The summed E-state index contributed by atoms with van der Waals surface area (Å²) >= 11 is 3.37. The summed E-state index contributed by atoms with van der Waals surface area (Å²) in [6.07, 6.45) is -2.28. The van der Waals surface area contributed by atoms with Gasteiger partial charge in [-0.25, -0.2) is 9.78 Å². The number of nitrogens with one attached hydrogen (secondary N) is 1. The van der Waals surface area contributed by atoms with Crippen LogP contribution in [0, 0.1) is 0 Å². The number of ether oxygens (including phenoxy) is 1. The number of halogens is 4. The van der Waals surface area contributed by atoms with Crippen LogP contribution in [0.15, 0.2) is 70.4 Å². The Hall–Kier alpha value is -3.40. The van der Waals surface area contributed by atoms with E-state index < -0.39 is 17.7 Å². The van der Waals surface area contributed by atoms with E-state index in [0.717, 1.165) is 22.3 Å². The van der Waals surface area contributed by atoms with E-state index in [-0.39, 0.29) is 18.0 Å². The van der Waals surface area contributed by atoms with Crippen LogP contribution < -0.4 is 10.2 Å². The molecule has 0 aliphatic heterocycles. The van der Waals surface area contributed by atoms with Crippen molar-refractivity contribution >= 4 is 33.9 Å². The molecule has 0 saturated heterocycles. The number of hydrazone groups is 1. The van der Waals surface area contributed by atoms with Gasteiger partial charge in [-0.05, 0) is 48.0 Å². The largest absolute Gasteiger partial charge is 0.488 e. The molecule has 2 aromatic carbocycles. The number of carboxylic acid groups (broad SMARTS) is 1. The van der Waals surface area contributed by atoms with Gasteiger partial charge in [0.2, 0.25) is 0 Å². The van der Waals surface area contributed by atoms with Gasteiger partial charge in [-0.2, -0.15) is 18.3 Å². The van der Waals surface area contributed by atoms with Gasteiger partial charge in [-0.15, -0.1) is 0 Å². The van der Waals surface area contributed by atoms with Gasteiger partial charge >= 0.3 is 12.1 Å². The molecule has 1 aromatic heterocycles. The van der Waals surface area contributed by atoms with Crippen molar-refractivity contribution in [3.63, 3.8) is 0 Å². The van der Waals surface area contributed by atoms with Crippen LogP contribution >= 0.6 is 15.9 Å². The first-order valence-electron chi connectivity index (χ1n) is 8.79. The quantitative estimate of drug-likeness (QED) is 0.331. The lowest BCUT2D eigenvalue weighted by atomic mass is 10.1. The Morgan fingerprint density at radius 2 is 1.90 bits per heavy atom. The number of hydrogen-bond donors (Lipinski definition) is 2. The SMILES string of the molecule is O=C(O)c1ccc(COc2ccc(Br)cc2/C=N\Nc2ccc(C(F)(F)F)cn2)cc1. The van der Waals surface area contributed by atoms with Crippen LogP contribution in [-0.4, -0.2) is 22.3 Å². The Labute approximate surface area is 183 Å². The lowest BCUT2D eigenvalue weighted by Gasteiger charge is -2.10. The van der Waals surface area contributed by atoms with Gasteiger partial charge in [-0.3, -0.25) is 5.43 Å². The van der Waals surface area contributed by atoms with Crippen LogP contribution in [0.1, 0.15) is 27.0 Å². The number of pyridine rings is 1. The summed E-state index contributed by atoms with van der Waals surface area (Å²) in [4.78, 5) is 14.6. The van der Waals surface area contributed by atoms with Crippen LogP contribution in [0.4, 0.5) is 19.0 Å². The molecule has 0 radical (unpaired) electrons. The third kappa shape index (κ3) is 6.29. The second kappa shape index (κ2) is 9.61. The number of aromatic nitrogens is 1. The molecule has 3 rings (SSSR count). The highest BCUT2D eigenvalue weighted by molar-refractivity contribution is 9.10. The van der Waals surface area contributed by atoms with Gasteiger partial charge in [0.05, 0.1) is 17.3 Å². The molecule has 0 fully saturated rings. The first kappa shape index (κ1) is 22.3. The average molecular weight is 494 g/mol. The van der Waals surface area contributed by atoms with Gasteiger partial charge in [0, 0.05) is 16.2 Å². The zero-order valence-corrected chi connectivity index (χ0v) is 17.3. The Kier molecular flexibility index (Phi) is 6.91. The number of rotatable bonds is 7. The molecule has 3 aromatic rings. The predicted octanol–water partition coefficient (Wildman–Crippen LogP) is 5.59. The highest BCUT2D eigenvalue weighted by Gasteiger charge is 2.30. The molecule has 0 unspecified atom stereocenters. The lowest BCUT2D eigenvalue weighted by molar-refractivity contribution is -0.137. The number of hydrogen-bond acceptors (Lipinski definition) is 5. The summed E-state index contributed by atoms with van der Waals surface area (Å²) in [5.41, 5.74) is 3.30. The van der Waals surface area contributed by atoms with E-state index in [4.69, 9.17) is 9.84 Å². The standard InChI is InChI=1S/C21H15BrF3N3O3/c22-17-6-7-18(31-12-13-1-3-14(4-2-13)20(29)30)15(9-17)10-27-28-19-8-5-16(11-26-19)21(23,24)25/h1-11H,12H2,(H,26,28)(H,29,30)/b27-10-. The van der Waals surface area contributed by atoms with Crippen LogP contribution in [-0.2, 0) is 12.8 Å². The van der Waals surface area contributed by atoms with Crippen molar-refractivity contribution in [1.82, 2.24) is 4.98 Å². The molecule has 2 N–H and O–H groups in total. The lowest BCUT2D eigenvalue weighted by Crippen LogP contribution is -2.05. The zero-order valence-electron chi connectivity index (χ0n) is 15.7. The molecule has 0 saturated carbocycles. The van der Waals surface area contributed by atoms with Gasteiger partial charge in [0.25, 0.3) is 0 Å². The highest BCUT2D eigenvalue weighted by atomic mass is 79.9. The van der Waals surface area contributed by atoms with E-state index in [1.807, 2.05) is 0 Å². The Balaban J connectivity index is 1.67. The van der Waals surface area contributed by atoms with Crippen molar-refractivity contribution < 1.29 is 27.8 Å². The maximum absolute atomic E-state index is 12.6. The summed E-state index contributed by atoms with van der Waals surface area (Å²) in [5, 5.41) is 13.0. The number of carbonyl (C=O) groups is 1. The molecule has 31 heavy (non-hydrogen) atoms. The summed E-state index contributed by atoms with van der Waals surface area (Å²) in [6, 6.07) is 13.7. The van der Waals surface area contributed by atoms with Crippen molar-refractivity contribution in [2.24, 2.45) is 5.10 Å². The van der Waals surface area contributed by atoms with Gasteiger partial charge in [0.15, 0.2) is 0 Å². The third-order valence-corrected chi connectivity index (χ3v) is 4.53. The molecule has 0 bridgehead atoms. The Morgan fingerprint density at radius 1 is 1.16 bits per heavy atom. The van der Waals surface area contributed by atoms with Gasteiger partial charge in [-0.1, -0.05) is 28.1 Å². The summed E-state index contributed by atoms with van der Waals surface area (Å²) < 4.78 is 44.4. The normalized spacial score (nSPS) is 11.5. The van der Waals surface area contributed by atoms with Crippen LogP contribution in [0.2, 0.25) is 0 Å². The van der Waals surface area contributed by atoms with E-state index in [0.29, 0.717) is 11.3 Å². The van der Waals surface area contributed by atoms with E-state index in [2.05, 4.69) is 31.4 Å². The molecule has 0 aliphatic carbocycles. The number of nitrogens with zero attached hydrogens (tertiary/aromatic N) is 2. The molecule has 160 valence electrons. The minimum absolute atomic E-state index is 0.153. The van der Waals surface area contributed by atoms with E-state index >= 15 is 0 Å². The van der Waals surface area contributed by atoms with Crippen molar-refractivity contribution in [3.8, 4) is 5.75 Å². The van der Waals surface area contributed by atoms with Crippen LogP contribution in [0.25, 0.3) is 0 Å². The second-order valence-electron chi connectivity index (χ2n) is 6.27.